The Hall–Kier alpha value is -1.61. The van der Waals surface area contributed by atoms with E-state index < -0.39 is 5.24 Å². The Labute approximate surface area is 111 Å². The minimum absolute atomic E-state index is 0.0673. The molecule has 1 aromatic heterocycles. The highest BCUT2D eigenvalue weighted by atomic mass is 35.5. The molecular formula is C14H14ClNO2. The third-order valence-corrected chi connectivity index (χ3v) is 3.28. The fourth-order valence-corrected chi connectivity index (χ4v) is 1.81. The molecule has 0 radical (unpaired) electrons. The van der Waals surface area contributed by atoms with Gasteiger partial charge in [0.25, 0.3) is 5.24 Å². The van der Waals surface area contributed by atoms with Gasteiger partial charge in [-0.15, -0.1) is 0 Å². The highest BCUT2D eigenvalue weighted by Gasteiger charge is 2.11. The van der Waals surface area contributed by atoms with Gasteiger partial charge in [0, 0.05) is 11.6 Å². The molecule has 0 aliphatic heterocycles. The molecule has 1 aromatic carbocycles. The largest absolute Gasteiger partial charge is 0.351 e. The van der Waals surface area contributed by atoms with E-state index in [1.165, 1.54) is 5.56 Å². The number of rotatable bonds is 4. The van der Waals surface area contributed by atoms with Crippen LogP contribution >= 0.6 is 11.6 Å². The van der Waals surface area contributed by atoms with E-state index in [0.29, 0.717) is 11.6 Å². The van der Waals surface area contributed by atoms with Gasteiger partial charge in [-0.1, -0.05) is 43.3 Å². The van der Waals surface area contributed by atoms with Gasteiger partial charge in [0.05, 0.1) is 0 Å². The van der Waals surface area contributed by atoms with Crippen molar-refractivity contribution in [2.24, 2.45) is 0 Å². The molecule has 0 fully saturated rings. The second kappa shape index (κ2) is 5.36. The molecule has 1 heterocycles. The normalized spacial score (nSPS) is 12.4. The maximum absolute atomic E-state index is 10.9. The summed E-state index contributed by atoms with van der Waals surface area (Å²) in [6.07, 6.45) is 1.11. The van der Waals surface area contributed by atoms with Crippen molar-refractivity contribution in [3.8, 4) is 11.3 Å². The number of halogens is 1. The van der Waals surface area contributed by atoms with Crippen LogP contribution in [0.15, 0.2) is 34.9 Å². The second-order valence-corrected chi connectivity index (χ2v) is 4.62. The number of hydrogen-bond donors (Lipinski definition) is 0. The van der Waals surface area contributed by atoms with Crippen molar-refractivity contribution in [2.45, 2.75) is 26.2 Å². The lowest BCUT2D eigenvalue weighted by atomic mass is 9.97. The van der Waals surface area contributed by atoms with Gasteiger partial charge >= 0.3 is 0 Å². The minimum atomic E-state index is -0.634. The zero-order chi connectivity index (χ0) is 13.1. The van der Waals surface area contributed by atoms with E-state index in [9.17, 15) is 4.79 Å². The number of carbonyl (C=O) groups excluding carboxylic acids is 1. The first kappa shape index (κ1) is 12.8. The third-order valence-electron chi connectivity index (χ3n) is 3.09. The zero-order valence-corrected chi connectivity index (χ0v) is 11.1. The van der Waals surface area contributed by atoms with Crippen LogP contribution in [0.25, 0.3) is 11.3 Å². The van der Waals surface area contributed by atoms with Crippen LogP contribution in [-0.2, 0) is 0 Å². The fraction of sp³-hybridized carbons (Fsp3) is 0.286. The van der Waals surface area contributed by atoms with Crippen LogP contribution in [-0.4, -0.2) is 10.4 Å². The van der Waals surface area contributed by atoms with Crippen molar-refractivity contribution in [3.63, 3.8) is 0 Å². The number of carbonyl (C=O) groups is 1. The van der Waals surface area contributed by atoms with E-state index in [4.69, 9.17) is 16.1 Å². The topological polar surface area (TPSA) is 43.1 Å². The van der Waals surface area contributed by atoms with Crippen LogP contribution in [0.1, 0.15) is 42.3 Å². The standard InChI is InChI=1S/C14H14ClNO2/c1-3-9(2)10-4-6-11(7-5-10)12-8-13(14(15)17)18-16-12/h4-9H,3H2,1-2H3. The van der Waals surface area contributed by atoms with Crippen LogP contribution in [0, 0.1) is 0 Å². The molecule has 0 aliphatic rings. The van der Waals surface area contributed by atoms with Gasteiger partial charge < -0.3 is 4.52 Å². The molecule has 0 saturated heterocycles. The van der Waals surface area contributed by atoms with E-state index in [0.717, 1.165) is 12.0 Å². The molecule has 0 bridgehead atoms. The van der Waals surface area contributed by atoms with Crippen molar-refractivity contribution < 1.29 is 9.32 Å². The lowest BCUT2D eigenvalue weighted by Gasteiger charge is -2.08. The highest BCUT2D eigenvalue weighted by Crippen LogP contribution is 2.24. The van der Waals surface area contributed by atoms with E-state index >= 15 is 0 Å². The predicted molar refractivity (Wildman–Crippen MR) is 70.8 cm³/mol. The average Bonchev–Trinajstić information content (AvgIpc) is 2.88. The van der Waals surface area contributed by atoms with Crippen LogP contribution in [0.4, 0.5) is 0 Å². The maximum Gasteiger partial charge on any atom is 0.290 e. The van der Waals surface area contributed by atoms with Crippen molar-refractivity contribution in [2.75, 3.05) is 0 Å². The molecule has 0 aliphatic carbocycles. The smallest absolute Gasteiger partial charge is 0.290 e. The molecule has 0 N–H and O–H groups in total. The maximum atomic E-state index is 10.9. The van der Waals surface area contributed by atoms with E-state index in [2.05, 4.69) is 31.1 Å². The average molecular weight is 264 g/mol. The summed E-state index contributed by atoms with van der Waals surface area (Å²) < 4.78 is 4.85. The third kappa shape index (κ3) is 2.62. The van der Waals surface area contributed by atoms with E-state index in [1.54, 1.807) is 6.07 Å². The SMILES string of the molecule is CCC(C)c1ccc(-c2cc(C(=O)Cl)on2)cc1. The molecule has 1 atom stereocenters. The van der Waals surface area contributed by atoms with E-state index in [-0.39, 0.29) is 5.76 Å². The Morgan fingerprint density at radius 2 is 2.06 bits per heavy atom. The molecule has 3 nitrogen and oxygen atoms in total. The van der Waals surface area contributed by atoms with Crippen molar-refractivity contribution >= 4 is 16.8 Å². The Balaban J connectivity index is 2.25. The van der Waals surface area contributed by atoms with Crippen molar-refractivity contribution in [1.82, 2.24) is 5.16 Å². The van der Waals surface area contributed by atoms with Crippen LogP contribution in [0.2, 0.25) is 0 Å². The number of aromatic nitrogens is 1. The molecule has 0 spiro atoms. The summed E-state index contributed by atoms with van der Waals surface area (Å²) in [5.41, 5.74) is 2.82. The summed E-state index contributed by atoms with van der Waals surface area (Å²) in [5.74, 6) is 0.606. The predicted octanol–water partition coefficient (Wildman–Crippen LogP) is 4.23. The molecule has 2 rings (SSSR count). The Bertz CT molecular complexity index is 545. The van der Waals surface area contributed by atoms with Gasteiger partial charge in [0.15, 0.2) is 0 Å². The number of hydrogen-bond acceptors (Lipinski definition) is 3. The molecule has 18 heavy (non-hydrogen) atoms. The molecule has 2 aromatic rings. The molecule has 0 saturated carbocycles. The monoisotopic (exact) mass is 263 g/mol. The summed E-state index contributed by atoms with van der Waals surface area (Å²) in [4.78, 5) is 10.9. The summed E-state index contributed by atoms with van der Waals surface area (Å²) in [6, 6.07) is 9.64. The molecule has 4 heteroatoms. The second-order valence-electron chi connectivity index (χ2n) is 4.28. The zero-order valence-electron chi connectivity index (χ0n) is 10.3. The minimum Gasteiger partial charge on any atom is -0.351 e. The quantitative estimate of drug-likeness (QED) is 0.775. The van der Waals surface area contributed by atoms with Crippen molar-refractivity contribution in [1.29, 1.82) is 0 Å². The Morgan fingerprint density at radius 1 is 1.39 bits per heavy atom. The molecule has 1 unspecified atom stereocenters. The Kier molecular flexibility index (Phi) is 3.82. The molecule has 0 amide bonds. The molecule has 94 valence electrons. The first-order chi connectivity index (χ1) is 8.61. The van der Waals surface area contributed by atoms with Crippen LogP contribution < -0.4 is 0 Å². The Morgan fingerprint density at radius 3 is 2.56 bits per heavy atom. The number of benzene rings is 1. The first-order valence-electron chi connectivity index (χ1n) is 5.88. The number of nitrogens with zero attached hydrogens (tertiary/aromatic N) is 1. The van der Waals surface area contributed by atoms with E-state index in [1.807, 2.05) is 12.1 Å². The summed E-state index contributed by atoms with van der Waals surface area (Å²) in [7, 11) is 0. The molecular weight excluding hydrogens is 250 g/mol. The van der Waals surface area contributed by atoms with Gasteiger partial charge in [0.1, 0.15) is 5.69 Å². The summed E-state index contributed by atoms with van der Waals surface area (Å²) in [6.45, 7) is 4.35. The van der Waals surface area contributed by atoms with Gasteiger partial charge in [-0.2, -0.15) is 0 Å². The fourth-order valence-electron chi connectivity index (χ4n) is 1.72. The first-order valence-corrected chi connectivity index (χ1v) is 6.26. The van der Waals surface area contributed by atoms with Crippen LogP contribution in [0.3, 0.4) is 0 Å². The van der Waals surface area contributed by atoms with Gasteiger partial charge in [-0.3, -0.25) is 4.79 Å². The van der Waals surface area contributed by atoms with Gasteiger partial charge in [0.2, 0.25) is 5.76 Å². The highest BCUT2D eigenvalue weighted by molar-refractivity contribution is 6.67. The van der Waals surface area contributed by atoms with Crippen LogP contribution in [0.5, 0.6) is 0 Å². The van der Waals surface area contributed by atoms with Gasteiger partial charge in [-0.25, -0.2) is 0 Å². The van der Waals surface area contributed by atoms with Gasteiger partial charge in [-0.05, 0) is 29.5 Å². The lowest BCUT2D eigenvalue weighted by Crippen LogP contribution is -1.90. The van der Waals surface area contributed by atoms with Crippen molar-refractivity contribution in [3.05, 3.63) is 41.7 Å². The summed E-state index contributed by atoms with van der Waals surface area (Å²) in [5, 5.41) is 3.19. The summed E-state index contributed by atoms with van der Waals surface area (Å²) >= 11 is 5.32. The lowest BCUT2D eigenvalue weighted by molar-refractivity contribution is 0.104.